The van der Waals surface area contributed by atoms with Gasteiger partial charge in [-0.15, -0.1) is 0 Å². The van der Waals surface area contributed by atoms with Crippen molar-refractivity contribution in [2.24, 2.45) is 0 Å². The van der Waals surface area contributed by atoms with Crippen molar-refractivity contribution in [3.8, 4) is 0 Å². The van der Waals surface area contributed by atoms with E-state index in [0.717, 1.165) is 24.2 Å². The number of benzene rings is 1. The van der Waals surface area contributed by atoms with Gasteiger partial charge in [0.05, 0.1) is 0 Å². The van der Waals surface area contributed by atoms with Crippen LogP contribution in [0.4, 0.5) is 4.39 Å². The molecule has 0 fully saturated rings. The molecule has 1 N–H and O–H groups in total. The summed E-state index contributed by atoms with van der Waals surface area (Å²) in [7, 11) is 0. The molecule has 0 atom stereocenters. The molecule has 1 aromatic carbocycles. The lowest BCUT2D eigenvalue weighted by atomic mass is 10.2. The van der Waals surface area contributed by atoms with E-state index in [9.17, 15) is 4.39 Å². The third kappa shape index (κ3) is 3.14. The molecule has 0 aliphatic rings. The minimum atomic E-state index is -0.198. The molecule has 0 saturated heterocycles. The number of nitrogens with one attached hydrogen (secondary N) is 1. The van der Waals surface area contributed by atoms with E-state index in [0.29, 0.717) is 0 Å². The van der Waals surface area contributed by atoms with Crippen LogP contribution in [0.5, 0.6) is 0 Å². The zero-order chi connectivity index (χ0) is 11.2. The number of hydrogen-bond donors (Lipinski definition) is 1. The van der Waals surface area contributed by atoms with Crippen molar-refractivity contribution in [3.63, 3.8) is 0 Å². The molecule has 1 heterocycles. The Bertz CT molecular complexity index is 425. The van der Waals surface area contributed by atoms with Gasteiger partial charge in [-0.3, -0.25) is 4.98 Å². The topological polar surface area (TPSA) is 24.9 Å². The number of aromatic nitrogens is 1. The fraction of sp³-hybridized carbons (Fsp3) is 0.154. The van der Waals surface area contributed by atoms with Gasteiger partial charge in [-0.2, -0.15) is 0 Å². The molecule has 1 aromatic heterocycles. The van der Waals surface area contributed by atoms with Gasteiger partial charge in [-0.1, -0.05) is 18.2 Å². The van der Waals surface area contributed by atoms with Crippen molar-refractivity contribution >= 4 is 0 Å². The molecule has 2 rings (SSSR count). The fourth-order valence-electron chi connectivity index (χ4n) is 1.46. The van der Waals surface area contributed by atoms with Gasteiger partial charge in [0.2, 0.25) is 0 Å². The second-order valence-corrected chi connectivity index (χ2v) is 3.59. The molecule has 0 radical (unpaired) electrons. The van der Waals surface area contributed by atoms with Gasteiger partial charge in [0.15, 0.2) is 0 Å². The fourth-order valence-corrected chi connectivity index (χ4v) is 1.46. The number of halogens is 1. The summed E-state index contributed by atoms with van der Waals surface area (Å²) < 4.78 is 12.6. The molecule has 0 unspecified atom stereocenters. The minimum absolute atomic E-state index is 0.198. The lowest BCUT2D eigenvalue weighted by molar-refractivity contribution is 0.625. The molecular weight excluding hydrogens is 203 g/mol. The van der Waals surface area contributed by atoms with Crippen molar-refractivity contribution in [3.05, 3.63) is 65.7 Å². The Balaban J connectivity index is 1.82. The summed E-state index contributed by atoms with van der Waals surface area (Å²) in [5, 5.41) is 3.27. The lowest BCUT2D eigenvalue weighted by Crippen LogP contribution is -2.12. The molecule has 0 bridgehead atoms. The predicted octanol–water partition coefficient (Wildman–Crippen LogP) is 2.51. The van der Waals surface area contributed by atoms with Crippen LogP contribution in [0.3, 0.4) is 0 Å². The molecule has 0 amide bonds. The standard InChI is InChI=1S/C13H13FN2/c14-13-5-3-11(4-6-13)8-16-10-12-2-1-7-15-9-12/h1-7,9,16H,8,10H2. The highest BCUT2D eigenvalue weighted by molar-refractivity contribution is 5.16. The van der Waals surface area contributed by atoms with Gasteiger partial charge in [0.25, 0.3) is 0 Å². The Kier molecular flexibility index (Phi) is 3.62. The van der Waals surface area contributed by atoms with Crippen molar-refractivity contribution < 1.29 is 4.39 Å². The highest BCUT2D eigenvalue weighted by Gasteiger charge is 1.94. The Hall–Kier alpha value is -1.74. The van der Waals surface area contributed by atoms with Gasteiger partial charge < -0.3 is 5.32 Å². The van der Waals surface area contributed by atoms with E-state index in [-0.39, 0.29) is 5.82 Å². The van der Waals surface area contributed by atoms with E-state index in [2.05, 4.69) is 10.3 Å². The molecule has 2 aromatic rings. The summed E-state index contributed by atoms with van der Waals surface area (Å²) in [6.07, 6.45) is 3.58. The number of hydrogen-bond acceptors (Lipinski definition) is 2. The summed E-state index contributed by atoms with van der Waals surface area (Å²) in [4.78, 5) is 4.03. The van der Waals surface area contributed by atoms with E-state index in [1.54, 1.807) is 18.3 Å². The Morgan fingerprint density at radius 3 is 2.44 bits per heavy atom. The highest BCUT2D eigenvalue weighted by Crippen LogP contribution is 2.02. The van der Waals surface area contributed by atoms with Crippen LogP contribution in [-0.4, -0.2) is 4.98 Å². The Labute approximate surface area is 94.2 Å². The normalized spacial score (nSPS) is 10.3. The van der Waals surface area contributed by atoms with Gasteiger partial charge in [0.1, 0.15) is 5.82 Å². The van der Waals surface area contributed by atoms with Crippen LogP contribution in [0, 0.1) is 5.82 Å². The molecule has 0 aliphatic carbocycles. The van der Waals surface area contributed by atoms with Crippen molar-refractivity contribution in [2.75, 3.05) is 0 Å². The van der Waals surface area contributed by atoms with Crippen LogP contribution in [0.25, 0.3) is 0 Å². The number of pyridine rings is 1. The lowest BCUT2D eigenvalue weighted by Gasteiger charge is -2.04. The quantitative estimate of drug-likeness (QED) is 0.849. The van der Waals surface area contributed by atoms with Crippen LogP contribution in [-0.2, 0) is 13.1 Å². The first kappa shape index (κ1) is 10.8. The highest BCUT2D eigenvalue weighted by atomic mass is 19.1. The molecular formula is C13H13FN2. The maximum absolute atomic E-state index is 12.6. The Morgan fingerprint density at radius 2 is 1.75 bits per heavy atom. The molecule has 16 heavy (non-hydrogen) atoms. The molecule has 0 aliphatic heterocycles. The zero-order valence-corrected chi connectivity index (χ0v) is 8.86. The van der Waals surface area contributed by atoms with E-state index < -0.39 is 0 Å². The number of rotatable bonds is 4. The van der Waals surface area contributed by atoms with E-state index in [4.69, 9.17) is 0 Å². The summed E-state index contributed by atoms with van der Waals surface area (Å²) in [5.41, 5.74) is 2.22. The van der Waals surface area contributed by atoms with Crippen LogP contribution in [0.1, 0.15) is 11.1 Å². The molecule has 3 heteroatoms. The van der Waals surface area contributed by atoms with Crippen LogP contribution in [0.15, 0.2) is 48.8 Å². The monoisotopic (exact) mass is 216 g/mol. The number of nitrogens with zero attached hydrogens (tertiary/aromatic N) is 1. The SMILES string of the molecule is Fc1ccc(CNCc2cccnc2)cc1. The first-order chi connectivity index (χ1) is 7.84. The van der Waals surface area contributed by atoms with Gasteiger partial charge in [0, 0.05) is 25.5 Å². The van der Waals surface area contributed by atoms with Crippen LogP contribution in [0.2, 0.25) is 0 Å². The second-order valence-electron chi connectivity index (χ2n) is 3.59. The summed E-state index contributed by atoms with van der Waals surface area (Å²) >= 11 is 0. The summed E-state index contributed by atoms with van der Waals surface area (Å²) in [5.74, 6) is -0.198. The second kappa shape index (κ2) is 5.37. The van der Waals surface area contributed by atoms with Crippen molar-refractivity contribution in [1.82, 2.24) is 10.3 Å². The predicted molar refractivity (Wildman–Crippen MR) is 61.2 cm³/mol. The van der Waals surface area contributed by atoms with Crippen LogP contribution >= 0.6 is 0 Å². The minimum Gasteiger partial charge on any atom is -0.309 e. The van der Waals surface area contributed by atoms with Gasteiger partial charge in [-0.25, -0.2) is 4.39 Å². The molecule has 0 spiro atoms. The summed E-state index contributed by atoms with van der Waals surface area (Å²) in [6.45, 7) is 1.50. The average molecular weight is 216 g/mol. The average Bonchev–Trinajstić information content (AvgIpc) is 2.33. The van der Waals surface area contributed by atoms with Crippen molar-refractivity contribution in [1.29, 1.82) is 0 Å². The van der Waals surface area contributed by atoms with E-state index in [1.165, 1.54) is 12.1 Å². The maximum Gasteiger partial charge on any atom is 0.123 e. The van der Waals surface area contributed by atoms with Crippen LogP contribution < -0.4 is 5.32 Å². The Morgan fingerprint density at radius 1 is 1.00 bits per heavy atom. The van der Waals surface area contributed by atoms with Gasteiger partial charge in [-0.05, 0) is 29.3 Å². The summed E-state index contributed by atoms with van der Waals surface area (Å²) in [6, 6.07) is 10.4. The molecule has 2 nitrogen and oxygen atoms in total. The smallest absolute Gasteiger partial charge is 0.123 e. The zero-order valence-electron chi connectivity index (χ0n) is 8.86. The third-order valence-electron chi connectivity index (χ3n) is 2.29. The third-order valence-corrected chi connectivity index (χ3v) is 2.29. The van der Waals surface area contributed by atoms with E-state index >= 15 is 0 Å². The first-order valence-corrected chi connectivity index (χ1v) is 5.18. The first-order valence-electron chi connectivity index (χ1n) is 5.18. The van der Waals surface area contributed by atoms with Gasteiger partial charge >= 0.3 is 0 Å². The van der Waals surface area contributed by atoms with Crippen molar-refractivity contribution in [2.45, 2.75) is 13.1 Å². The molecule has 82 valence electrons. The van der Waals surface area contributed by atoms with E-state index in [1.807, 2.05) is 18.3 Å². The maximum atomic E-state index is 12.6. The largest absolute Gasteiger partial charge is 0.309 e. The molecule has 0 saturated carbocycles.